The fraction of sp³-hybridized carbons (Fsp3) is 0.625. The van der Waals surface area contributed by atoms with Crippen LogP contribution in [0.15, 0.2) is 11.6 Å². The van der Waals surface area contributed by atoms with E-state index >= 15 is 0 Å². The number of hydrogen-bond donors (Lipinski definition) is 1. The van der Waals surface area contributed by atoms with Gasteiger partial charge < -0.3 is 21.5 Å². The monoisotopic (exact) mass is 196 g/mol. The topological polar surface area (TPSA) is 132 Å². The van der Waals surface area contributed by atoms with Gasteiger partial charge in [0.2, 0.25) is 0 Å². The highest BCUT2D eigenvalue weighted by atomic mass is 16.4. The number of hydrogen-bond acceptors (Lipinski definition) is 1. The predicted octanol–water partition coefficient (Wildman–Crippen LogP) is -0.267. The molecule has 0 amide bonds. The molecule has 13 heavy (non-hydrogen) atoms. The number of aliphatic carboxylic acids is 1. The van der Waals surface area contributed by atoms with Crippen LogP contribution in [0.25, 0.3) is 0 Å². The average Bonchev–Trinajstić information content (AvgIpc) is 1.88. The third-order valence-corrected chi connectivity index (χ3v) is 1.35. The lowest BCUT2D eigenvalue weighted by Crippen LogP contribution is -1.95. The number of carbonyl (C=O) groups is 1. The molecular weight excluding hydrogens is 176 g/mol. The minimum atomic E-state index is -0.809. The minimum Gasteiger partial charge on any atom is -0.478 e. The predicted molar refractivity (Wildman–Crippen MR) is 51.8 cm³/mol. The lowest BCUT2D eigenvalue weighted by molar-refractivity contribution is -0.132. The molecule has 0 saturated heterocycles. The van der Waals surface area contributed by atoms with Gasteiger partial charge in [-0.05, 0) is 13.3 Å². The summed E-state index contributed by atoms with van der Waals surface area (Å²) in [4.78, 5) is 10.2. The Hall–Kier alpha value is -0.910. The van der Waals surface area contributed by atoms with Gasteiger partial charge in [-0.15, -0.1) is 0 Å². The molecule has 0 radical (unpaired) electrons. The van der Waals surface area contributed by atoms with E-state index in [0.717, 1.165) is 19.3 Å². The van der Waals surface area contributed by atoms with Crippen molar-refractivity contribution in [3.63, 3.8) is 0 Å². The van der Waals surface area contributed by atoms with E-state index in [4.69, 9.17) is 5.11 Å². The van der Waals surface area contributed by atoms with Gasteiger partial charge in [-0.2, -0.15) is 0 Å². The summed E-state index contributed by atoms with van der Waals surface area (Å²) in [5.74, 6) is -0.809. The number of unbranched alkanes of at least 4 members (excludes halogenated alkanes) is 2. The van der Waals surface area contributed by atoms with Crippen molar-refractivity contribution in [3.8, 4) is 0 Å². The first-order valence-electron chi connectivity index (χ1n) is 3.58. The zero-order chi connectivity index (χ0) is 7.98. The second-order valence-electron chi connectivity index (χ2n) is 2.33. The molecule has 0 saturated carbocycles. The van der Waals surface area contributed by atoms with Crippen LogP contribution in [0.4, 0.5) is 0 Å². The summed E-state index contributed by atoms with van der Waals surface area (Å²) in [7, 11) is 0. The smallest absolute Gasteiger partial charge is 0.330 e. The first-order valence-corrected chi connectivity index (χ1v) is 3.58. The average molecular weight is 196 g/mol. The van der Waals surface area contributed by atoms with Gasteiger partial charge in [0.1, 0.15) is 0 Å². The van der Waals surface area contributed by atoms with Crippen LogP contribution in [-0.2, 0) is 4.79 Å². The SMILES string of the molecule is CCCC/C=C(/C)C(=O)O.O.O.O. The van der Waals surface area contributed by atoms with Gasteiger partial charge >= 0.3 is 5.97 Å². The summed E-state index contributed by atoms with van der Waals surface area (Å²) < 4.78 is 0. The molecule has 0 aliphatic rings. The van der Waals surface area contributed by atoms with E-state index < -0.39 is 5.97 Å². The third kappa shape index (κ3) is 14.0. The van der Waals surface area contributed by atoms with Crippen molar-refractivity contribution in [2.75, 3.05) is 0 Å². The maximum absolute atomic E-state index is 10.2. The highest BCUT2D eigenvalue weighted by molar-refractivity contribution is 5.85. The Morgan fingerprint density at radius 3 is 2.08 bits per heavy atom. The maximum atomic E-state index is 10.2. The Morgan fingerprint density at radius 2 is 1.77 bits per heavy atom. The molecule has 7 N–H and O–H groups in total. The normalized spacial score (nSPS) is 8.92. The first-order chi connectivity index (χ1) is 4.68. The Morgan fingerprint density at radius 1 is 1.31 bits per heavy atom. The molecule has 0 aliphatic carbocycles. The summed E-state index contributed by atoms with van der Waals surface area (Å²) in [5, 5.41) is 8.41. The lowest BCUT2D eigenvalue weighted by atomic mass is 10.2. The lowest BCUT2D eigenvalue weighted by Gasteiger charge is -1.91. The van der Waals surface area contributed by atoms with Crippen molar-refractivity contribution in [2.24, 2.45) is 0 Å². The minimum absolute atomic E-state index is 0. The second kappa shape index (κ2) is 13.7. The summed E-state index contributed by atoms with van der Waals surface area (Å²) >= 11 is 0. The van der Waals surface area contributed by atoms with E-state index in [0.29, 0.717) is 5.57 Å². The van der Waals surface area contributed by atoms with E-state index in [1.165, 1.54) is 0 Å². The van der Waals surface area contributed by atoms with E-state index in [1.54, 1.807) is 13.0 Å². The van der Waals surface area contributed by atoms with Crippen LogP contribution in [-0.4, -0.2) is 27.5 Å². The van der Waals surface area contributed by atoms with Gasteiger partial charge in [-0.3, -0.25) is 0 Å². The molecule has 0 heterocycles. The molecule has 0 fully saturated rings. The zero-order valence-corrected chi connectivity index (χ0v) is 8.05. The van der Waals surface area contributed by atoms with E-state index in [2.05, 4.69) is 6.92 Å². The number of carboxylic acids is 1. The highest BCUT2D eigenvalue weighted by Crippen LogP contribution is 2.00. The molecule has 0 bridgehead atoms. The van der Waals surface area contributed by atoms with Crippen molar-refractivity contribution in [1.82, 2.24) is 0 Å². The van der Waals surface area contributed by atoms with Crippen molar-refractivity contribution >= 4 is 5.97 Å². The highest BCUT2D eigenvalue weighted by Gasteiger charge is 1.96. The Bertz CT molecular complexity index is 141. The van der Waals surface area contributed by atoms with E-state index in [9.17, 15) is 4.79 Å². The Balaban J connectivity index is -0.000000135. The molecular formula is C8H20O5. The van der Waals surface area contributed by atoms with Crippen LogP contribution in [0.3, 0.4) is 0 Å². The number of carboxylic acid groups (broad SMARTS) is 1. The van der Waals surface area contributed by atoms with Gasteiger partial charge in [0.15, 0.2) is 0 Å². The molecule has 5 nitrogen and oxygen atoms in total. The van der Waals surface area contributed by atoms with Gasteiger partial charge in [-0.1, -0.05) is 25.8 Å². The van der Waals surface area contributed by atoms with Gasteiger partial charge in [0.25, 0.3) is 0 Å². The van der Waals surface area contributed by atoms with Crippen molar-refractivity contribution < 1.29 is 26.3 Å². The summed E-state index contributed by atoms with van der Waals surface area (Å²) in [6.07, 6.45) is 4.84. The molecule has 0 spiro atoms. The largest absolute Gasteiger partial charge is 0.478 e. The van der Waals surface area contributed by atoms with Crippen LogP contribution in [0.1, 0.15) is 33.1 Å². The maximum Gasteiger partial charge on any atom is 0.330 e. The molecule has 0 aliphatic heterocycles. The summed E-state index contributed by atoms with van der Waals surface area (Å²) in [6, 6.07) is 0. The Labute approximate surface area is 78.0 Å². The Kier molecular flexibility index (Phi) is 23.9. The van der Waals surface area contributed by atoms with Crippen LogP contribution < -0.4 is 0 Å². The van der Waals surface area contributed by atoms with Gasteiger partial charge in [0, 0.05) is 5.57 Å². The van der Waals surface area contributed by atoms with Crippen molar-refractivity contribution in [2.45, 2.75) is 33.1 Å². The second-order valence-corrected chi connectivity index (χ2v) is 2.33. The van der Waals surface area contributed by atoms with Crippen LogP contribution in [0.2, 0.25) is 0 Å². The molecule has 0 atom stereocenters. The van der Waals surface area contributed by atoms with Crippen LogP contribution in [0.5, 0.6) is 0 Å². The van der Waals surface area contributed by atoms with Gasteiger partial charge in [-0.25, -0.2) is 4.79 Å². The van der Waals surface area contributed by atoms with Crippen LogP contribution in [0, 0.1) is 0 Å². The van der Waals surface area contributed by atoms with Crippen LogP contribution >= 0.6 is 0 Å². The molecule has 82 valence electrons. The fourth-order valence-corrected chi connectivity index (χ4v) is 0.610. The molecule has 0 rings (SSSR count). The zero-order valence-electron chi connectivity index (χ0n) is 8.05. The fourth-order valence-electron chi connectivity index (χ4n) is 0.610. The molecule has 0 aromatic carbocycles. The van der Waals surface area contributed by atoms with Gasteiger partial charge in [0.05, 0.1) is 0 Å². The van der Waals surface area contributed by atoms with Crippen molar-refractivity contribution in [1.29, 1.82) is 0 Å². The number of rotatable bonds is 4. The third-order valence-electron chi connectivity index (χ3n) is 1.35. The van der Waals surface area contributed by atoms with Crippen molar-refractivity contribution in [3.05, 3.63) is 11.6 Å². The molecule has 0 unspecified atom stereocenters. The summed E-state index contributed by atoms with van der Waals surface area (Å²) in [6.45, 7) is 3.71. The van der Waals surface area contributed by atoms with E-state index in [1.807, 2.05) is 0 Å². The standard InChI is InChI=1S/C8H14O2.3H2O/c1-3-4-5-6-7(2)8(9)10;;;/h6H,3-5H2,1-2H3,(H,9,10);3*1H2/b7-6-;;;. The summed E-state index contributed by atoms with van der Waals surface area (Å²) in [5.41, 5.74) is 0.452. The molecule has 0 aromatic rings. The first kappa shape index (κ1) is 22.7. The number of allylic oxidation sites excluding steroid dienone is 1. The molecule has 0 aromatic heterocycles. The molecule has 5 heteroatoms. The van der Waals surface area contributed by atoms with E-state index in [-0.39, 0.29) is 16.4 Å². The quantitative estimate of drug-likeness (QED) is 0.489.